The maximum Gasteiger partial charge on any atom is 0.193 e. The van der Waals surface area contributed by atoms with Crippen molar-refractivity contribution in [3.63, 3.8) is 0 Å². The molecule has 0 saturated carbocycles. The highest BCUT2D eigenvalue weighted by molar-refractivity contribution is 14.0. The highest BCUT2D eigenvalue weighted by Gasteiger charge is 2.24. The van der Waals surface area contributed by atoms with Crippen molar-refractivity contribution >= 4 is 29.9 Å². The van der Waals surface area contributed by atoms with Crippen molar-refractivity contribution in [3.05, 3.63) is 65.5 Å². The molecule has 0 radical (unpaired) electrons. The molecule has 31 heavy (non-hydrogen) atoms. The number of ether oxygens (including phenoxy) is 2. The van der Waals surface area contributed by atoms with E-state index in [1.54, 1.807) is 26.3 Å². The molecule has 1 atom stereocenters. The van der Waals surface area contributed by atoms with Gasteiger partial charge in [-0.05, 0) is 23.8 Å². The predicted molar refractivity (Wildman–Crippen MR) is 133 cm³/mol. The summed E-state index contributed by atoms with van der Waals surface area (Å²) in [4.78, 5) is 8.83. The molecular formula is C23H32FIN4O2. The number of rotatable bonds is 7. The zero-order valence-electron chi connectivity index (χ0n) is 18.4. The van der Waals surface area contributed by atoms with Gasteiger partial charge >= 0.3 is 0 Å². The molecule has 8 heteroatoms. The van der Waals surface area contributed by atoms with Crippen LogP contribution in [0.1, 0.15) is 17.2 Å². The Hall–Kier alpha value is -1.91. The predicted octanol–water partition coefficient (Wildman–Crippen LogP) is 3.53. The Kier molecular flexibility index (Phi) is 10.5. The first-order chi connectivity index (χ1) is 14.6. The summed E-state index contributed by atoms with van der Waals surface area (Å²) >= 11 is 0. The topological polar surface area (TPSA) is 49.3 Å². The second-order valence-electron chi connectivity index (χ2n) is 7.32. The number of hydrogen-bond donors (Lipinski definition) is 1. The Morgan fingerprint density at radius 1 is 1.23 bits per heavy atom. The highest BCUT2D eigenvalue weighted by atomic mass is 127. The second-order valence-corrected chi connectivity index (χ2v) is 7.32. The Bertz CT molecular complexity index is 846. The molecule has 3 rings (SSSR count). The van der Waals surface area contributed by atoms with Crippen LogP contribution < -0.4 is 10.1 Å². The first-order valence-electron chi connectivity index (χ1n) is 10.2. The Morgan fingerprint density at radius 2 is 1.97 bits per heavy atom. The normalized spacial score (nSPS) is 15.7. The monoisotopic (exact) mass is 542 g/mol. The molecule has 170 valence electrons. The fourth-order valence-electron chi connectivity index (χ4n) is 3.80. The summed E-state index contributed by atoms with van der Waals surface area (Å²) in [5.74, 6) is 1.41. The summed E-state index contributed by atoms with van der Waals surface area (Å²) in [6, 6.07) is 14.8. The van der Waals surface area contributed by atoms with E-state index in [9.17, 15) is 4.39 Å². The van der Waals surface area contributed by atoms with Crippen LogP contribution in [0.4, 0.5) is 4.39 Å². The van der Waals surface area contributed by atoms with Crippen molar-refractivity contribution in [2.24, 2.45) is 4.99 Å². The van der Waals surface area contributed by atoms with E-state index in [1.807, 2.05) is 37.4 Å². The molecule has 1 heterocycles. The lowest BCUT2D eigenvalue weighted by molar-refractivity contribution is 0.0168. The second kappa shape index (κ2) is 12.8. The molecule has 1 aliphatic rings. The summed E-state index contributed by atoms with van der Waals surface area (Å²) in [5.41, 5.74) is 2.03. The number of aliphatic imine (C=N–C) groups is 1. The van der Waals surface area contributed by atoms with Crippen LogP contribution in [0.15, 0.2) is 53.5 Å². The molecule has 2 aromatic rings. The lowest BCUT2D eigenvalue weighted by Gasteiger charge is -2.35. The Morgan fingerprint density at radius 3 is 2.65 bits per heavy atom. The Labute approximate surface area is 201 Å². The average molecular weight is 542 g/mol. The summed E-state index contributed by atoms with van der Waals surface area (Å²) in [6.07, 6.45) is 0. The smallest absolute Gasteiger partial charge is 0.193 e. The third kappa shape index (κ3) is 7.05. The summed E-state index contributed by atoms with van der Waals surface area (Å²) in [5, 5.41) is 3.47. The number of methoxy groups -OCH3 is 1. The maximum absolute atomic E-state index is 13.9. The van der Waals surface area contributed by atoms with Crippen molar-refractivity contribution in [1.82, 2.24) is 15.1 Å². The Balaban J connectivity index is 0.00000341. The van der Waals surface area contributed by atoms with Crippen LogP contribution in [0.25, 0.3) is 0 Å². The van der Waals surface area contributed by atoms with Crippen molar-refractivity contribution in [1.29, 1.82) is 0 Å². The van der Waals surface area contributed by atoms with Crippen LogP contribution in [0, 0.1) is 5.82 Å². The van der Waals surface area contributed by atoms with Gasteiger partial charge in [0.2, 0.25) is 0 Å². The number of para-hydroxylation sites is 1. The highest BCUT2D eigenvalue weighted by Crippen LogP contribution is 2.23. The molecule has 1 aliphatic heterocycles. The van der Waals surface area contributed by atoms with Crippen molar-refractivity contribution < 1.29 is 13.9 Å². The van der Waals surface area contributed by atoms with Gasteiger partial charge in [0.05, 0.1) is 26.4 Å². The minimum absolute atomic E-state index is 0. The summed E-state index contributed by atoms with van der Waals surface area (Å²) in [7, 11) is 5.44. The third-order valence-electron chi connectivity index (χ3n) is 5.35. The number of nitrogens with zero attached hydrogens (tertiary/aromatic N) is 3. The number of morpholine rings is 1. The first kappa shape index (κ1) is 25.4. The molecule has 6 nitrogen and oxygen atoms in total. The molecular weight excluding hydrogens is 510 g/mol. The third-order valence-corrected chi connectivity index (χ3v) is 5.35. The van der Waals surface area contributed by atoms with Crippen LogP contribution in [0.5, 0.6) is 5.75 Å². The largest absolute Gasteiger partial charge is 0.496 e. The summed E-state index contributed by atoms with van der Waals surface area (Å²) < 4.78 is 24.9. The van der Waals surface area contributed by atoms with Gasteiger partial charge in [-0.25, -0.2) is 4.39 Å². The molecule has 0 spiro atoms. The number of nitrogens with one attached hydrogen (secondary N) is 1. The molecule has 0 aliphatic carbocycles. The lowest BCUT2D eigenvalue weighted by Crippen LogP contribution is -2.46. The molecule has 2 aromatic carbocycles. The minimum atomic E-state index is -0.219. The van der Waals surface area contributed by atoms with E-state index in [4.69, 9.17) is 9.47 Å². The van der Waals surface area contributed by atoms with Crippen LogP contribution in [0.3, 0.4) is 0 Å². The van der Waals surface area contributed by atoms with Gasteiger partial charge in [-0.2, -0.15) is 0 Å². The molecule has 1 N–H and O–H groups in total. The van der Waals surface area contributed by atoms with Crippen molar-refractivity contribution in [2.45, 2.75) is 12.6 Å². The van der Waals surface area contributed by atoms with E-state index in [0.29, 0.717) is 26.3 Å². The standard InChI is InChI=1S/C23H31FN4O2.HI/c1-25-23(27(2)17-19-7-4-5-10-22(19)29-3)26-16-21(28-11-13-30-14-12-28)18-8-6-9-20(24)15-18;/h4-10,15,21H,11-14,16-17H2,1-3H3,(H,25,26);1H. The minimum Gasteiger partial charge on any atom is -0.496 e. The summed E-state index contributed by atoms with van der Waals surface area (Å²) in [6.45, 7) is 4.29. The van der Waals surface area contributed by atoms with Crippen LogP contribution >= 0.6 is 24.0 Å². The van der Waals surface area contributed by atoms with Gasteiger partial charge in [0.1, 0.15) is 11.6 Å². The first-order valence-corrected chi connectivity index (χ1v) is 10.2. The van der Waals surface area contributed by atoms with Crippen LogP contribution in [-0.4, -0.2) is 69.8 Å². The lowest BCUT2D eigenvalue weighted by atomic mass is 10.0. The number of guanidine groups is 1. The number of benzene rings is 2. The fourth-order valence-corrected chi connectivity index (χ4v) is 3.80. The zero-order chi connectivity index (χ0) is 21.3. The van der Waals surface area contributed by atoms with Gasteiger partial charge in [-0.15, -0.1) is 24.0 Å². The van der Waals surface area contributed by atoms with Gasteiger partial charge in [-0.3, -0.25) is 9.89 Å². The van der Waals surface area contributed by atoms with Gasteiger partial charge in [0.15, 0.2) is 5.96 Å². The van der Waals surface area contributed by atoms with E-state index in [0.717, 1.165) is 35.9 Å². The molecule has 0 bridgehead atoms. The van der Waals surface area contributed by atoms with Gasteiger partial charge in [0.25, 0.3) is 0 Å². The van der Waals surface area contributed by atoms with E-state index >= 15 is 0 Å². The molecule has 1 saturated heterocycles. The van der Waals surface area contributed by atoms with E-state index in [-0.39, 0.29) is 35.8 Å². The quantitative estimate of drug-likeness (QED) is 0.330. The van der Waals surface area contributed by atoms with Crippen LogP contribution in [-0.2, 0) is 11.3 Å². The molecule has 0 aromatic heterocycles. The van der Waals surface area contributed by atoms with Gasteiger partial charge in [0, 0.05) is 45.8 Å². The average Bonchev–Trinajstić information content (AvgIpc) is 2.77. The molecule has 1 unspecified atom stereocenters. The molecule has 1 fully saturated rings. The van der Waals surface area contributed by atoms with Crippen molar-refractivity contribution in [3.8, 4) is 5.75 Å². The van der Waals surface area contributed by atoms with Crippen molar-refractivity contribution in [2.75, 3.05) is 54.1 Å². The SMILES string of the molecule is CN=C(NCC(c1cccc(F)c1)N1CCOCC1)N(C)Cc1ccccc1OC.I. The zero-order valence-corrected chi connectivity index (χ0v) is 20.7. The van der Waals surface area contributed by atoms with Gasteiger partial charge < -0.3 is 19.7 Å². The number of hydrogen-bond acceptors (Lipinski definition) is 4. The van der Waals surface area contributed by atoms with Crippen LogP contribution in [0.2, 0.25) is 0 Å². The van der Waals surface area contributed by atoms with Gasteiger partial charge in [-0.1, -0.05) is 30.3 Å². The van der Waals surface area contributed by atoms with E-state index < -0.39 is 0 Å². The van der Waals surface area contributed by atoms with E-state index in [1.165, 1.54) is 6.07 Å². The number of halogens is 2. The fraction of sp³-hybridized carbons (Fsp3) is 0.435. The molecule has 0 amide bonds. The van der Waals surface area contributed by atoms with E-state index in [2.05, 4.69) is 20.1 Å². The maximum atomic E-state index is 13.9.